The number of alkyl halides is 2. The molecule has 4 nitrogen and oxygen atoms in total. The van der Waals surface area contributed by atoms with Gasteiger partial charge in [0.2, 0.25) is 0 Å². The first-order valence-electron chi connectivity index (χ1n) is 7.29. The second kappa shape index (κ2) is 7.12. The molecule has 0 saturated carbocycles. The molecule has 124 valence electrons. The predicted octanol–water partition coefficient (Wildman–Crippen LogP) is 3.96. The molecule has 2 aromatic carbocycles. The summed E-state index contributed by atoms with van der Waals surface area (Å²) in [6.07, 6.45) is 3.07. The maximum Gasteiger partial charge on any atom is 0.387 e. The Labute approximate surface area is 137 Å². The molecule has 3 rings (SSSR count). The Hall–Kier alpha value is -2.89. The van der Waals surface area contributed by atoms with Crippen LogP contribution >= 0.6 is 0 Å². The monoisotopic (exact) mass is 332 g/mol. The molecule has 0 N–H and O–H groups in total. The van der Waals surface area contributed by atoms with E-state index in [9.17, 15) is 13.6 Å². The number of allylic oxidation sites excluding steroid dienone is 1. The van der Waals surface area contributed by atoms with E-state index in [0.29, 0.717) is 30.3 Å². The van der Waals surface area contributed by atoms with Crippen molar-refractivity contribution >= 4 is 11.9 Å². The van der Waals surface area contributed by atoms with Gasteiger partial charge < -0.3 is 14.2 Å². The van der Waals surface area contributed by atoms with Crippen LogP contribution in [0.4, 0.5) is 8.78 Å². The number of ketones is 1. The van der Waals surface area contributed by atoms with Crippen LogP contribution in [0.3, 0.4) is 0 Å². The van der Waals surface area contributed by atoms with Crippen LogP contribution in [0.2, 0.25) is 0 Å². The number of hydrogen-bond donors (Lipinski definition) is 0. The Morgan fingerprint density at radius 1 is 1.04 bits per heavy atom. The Balaban J connectivity index is 1.68. The molecule has 0 fully saturated rings. The van der Waals surface area contributed by atoms with Crippen LogP contribution in [0.15, 0.2) is 48.5 Å². The van der Waals surface area contributed by atoms with Gasteiger partial charge in [-0.2, -0.15) is 8.78 Å². The maximum atomic E-state index is 12.1. The fourth-order valence-electron chi connectivity index (χ4n) is 2.23. The highest BCUT2D eigenvalue weighted by Crippen LogP contribution is 2.31. The van der Waals surface area contributed by atoms with E-state index >= 15 is 0 Å². The summed E-state index contributed by atoms with van der Waals surface area (Å²) in [6, 6.07) is 10.9. The Kier molecular flexibility index (Phi) is 4.74. The number of benzene rings is 2. The van der Waals surface area contributed by atoms with Crippen molar-refractivity contribution in [3.8, 4) is 17.2 Å². The summed E-state index contributed by atoms with van der Waals surface area (Å²) in [7, 11) is 0. The highest BCUT2D eigenvalue weighted by atomic mass is 19.3. The topological polar surface area (TPSA) is 44.8 Å². The van der Waals surface area contributed by atoms with Gasteiger partial charge in [0.15, 0.2) is 17.3 Å². The van der Waals surface area contributed by atoms with E-state index in [4.69, 9.17) is 9.47 Å². The fraction of sp³-hybridized carbons (Fsp3) is 0.167. The first-order chi connectivity index (χ1) is 11.6. The zero-order valence-corrected chi connectivity index (χ0v) is 12.6. The molecule has 24 heavy (non-hydrogen) atoms. The number of ether oxygens (including phenoxy) is 3. The minimum absolute atomic E-state index is 0.0114. The van der Waals surface area contributed by atoms with E-state index in [1.54, 1.807) is 18.2 Å². The van der Waals surface area contributed by atoms with Gasteiger partial charge in [-0.3, -0.25) is 4.79 Å². The molecule has 1 aliphatic rings. The highest BCUT2D eigenvalue weighted by Gasteiger charge is 2.11. The molecule has 0 unspecified atom stereocenters. The van der Waals surface area contributed by atoms with Crippen molar-refractivity contribution in [3.05, 3.63) is 59.7 Å². The molecule has 0 radical (unpaired) electrons. The Morgan fingerprint density at radius 2 is 1.75 bits per heavy atom. The second-order valence-corrected chi connectivity index (χ2v) is 5.00. The standard InChI is InChI=1S/C18H14F2O4/c19-18(20)24-14-5-3-13(4-6-14)15(21)7-1-12-2-8-16-17(11-12)23-10-9-22-16/h1-8,11,18H,9-10H2. The number of rotatable bonds is 5. The van der Waals surface area contributed by atoms with E-state index in [2.05, 4.69) is 4.74 Å². The lowest BCUT2D eigenvalue weighted by Gasteiger charge is -2.18. The molecule has 0 aromatic heterocycles. The summed E-state index contributed by atoms with van der Waals surface area (Å²) in [4.78, 5) is 12.1. The lowest BCUT2D eigenvalue weighted by molar-refractivity contribution is -0.0498. The molecule has 6 heteroatoms. The smallest absolute Gasteiger partial charge is 0.387 e. The zero-order chi connectivity index (χ0) is 16.9. The van der Waals surface area contributed by atoms with Gasteiger partial charge in [-0.25, -0.2) is 0 Å². The lowest BCUT2D eigenvalue weighted by Crippen LogP contribution is -2.15. The van der Waals surface area contributed by atoms with Crippen molar-refractivity contribution in [1.29, 1.82) is 0 Å². The summed E-state index contributed by atoms with van der Waals surface area (Å²) < 4.78 is 39.3. The van der Waals surface area contributed by atoms with Gasteiger partial charge in [0, 0.05) is 5.56 Å². The molecule has 1 aliphatic heterocycles. The summed E-state index contributed by atoms with van der Waals surface area (Å²) >= 11 is 0. The van der Waals surface area contributed by atoms with Gasteiger partial charge in [-0.05, 0) is 48.0 Å². The third-order valence-electron chi connectivity index (χ3n) is 3.36. The largest absolute Gasteiger partial charge is 0.486 e. The molecular formula is C18H14F2O4. The lowest BCUT2D eigenvalue weighted by atomic mass is 10.1. The van der Waals surface area contributed by atoms with Gasteiger partial charge in [0.1, 0.15) is 19.0 Å². The van der Waals surface area contributed by atoms with E-state index in [1.807, 2.05) is 6.07 Å². The van der Waals surface area contributed by atoms with Crippen LogP contribution in [0.5, 0.6) is 17.2 Å². The van der Waals surface area contributed by atoms with Crippen molar-refractivity contribution in [3.63, 3.8) is 0 Å². The molecule has 0 amide bonds. The molecule has 1 heterocycles. The number of hydrogen-bond acceptors (Lipinski definition) is 4. The molecule has 0 aliphatic carbocycles. The van der Waals surface area contributed by atoms with E-state index in [1.165, 1.54) is 30.3 Å². The highest BCUT2D eigenvalue weighted by molar-refractivity contribution is 6.06. The molecule has 0 atom stereocenters. The molecular weight excluding hydrogens is 318 g/mol. The van der Waals surface area contributed by atoms with Gasteiger partial charge in [-0.15, -0.1) is 0 Å². The van der Waals surface area contributed by atoms with Crippen molar-refractivity contribution in [2.24, 2.45) is 0 Å². The summed E-state index contributed by atoms with van der Waals surface area (Å²) in [5.41, 5.74) is 1.18. The number of carbonyl (C=O) groups is 1. The molecule has 2 aromatic rings. The number of halogens is 2. The van der Waals surface area contributed by atoms with E-state index < -0.39 is 6.61 Å². The normalized spacial score (nSPS) is 13.3. The van der Waals surface area contributed by atoms with Crippen LogP contribution in [0.25, 0.3) is 6.08 Å². The van der Waals surface area contributed by atoms with Crippen LogP contribution < -0.4 is 14.2 Å². The second-order valence-electron chi connectivity index (χ2n) is 5.00. The van der Waals surface area contributed by atoms with Crippen molar-refractivity contribution in [2.45, 2.75) is 6.61 Å². The number of carbonyl (C=O) groups excluding carboxylic acids is 1. The van der Waals surface area contributed by atoms with Gasteiger partial charge in [0.25, 0.3) is 0 Å². The van der Waals surface area contributed by atoms with Crippen LogP contribution in [0, 0.1) is 0 Å². The molecule has 0 spiro atoms. The molecule has 0 saturated heterocycles. The summed E-state index contributed by atoms with van der Waals surface area (Å²) in [6.45, 7) is -1.88. The van der Waals surface area contributed by atoms with Crippen LogP contribution in [-0.4, -0.2) is 25.6 Å². The third kappa shape index (κ3) is 3.90. The quantitative estimate of drug-likeness (QED) is 0.614. The third-order valence-corrected chi connectivity index (χ3v) is 3.36. The van der Waals surface area contributed by atoms with Crippen molar-refractivity contribution in [1.82, 2.24) is 0 Å². The Bertz CT molecular complexity index is 754. The Morgan fingerprint density at radius 3 is 2.46 bits per heavy atom. The maximum absolute atomic E-state index is 12.1. The zero-order valence-electron chi connectivity index (χ0n) is 12.6. The van der Waals surface area contributed by atoms with Crippen molar-refractivity contribution < 1.29 is 27.8 Å². The summed E-state index contributed by atoms with van der Waals surface area (Å²) in [5.74, 6) is 1.09. The SMILES string of the molecule is O=C(C=Cc1ccc2c(c1)OCCO2)c1ccc(OC(F)F)cc1. The first kappa shape index (κ1) is 16.0. The van der Waals surface area contributed by atoms with Crippen LogP contribution in [-0.2, 0) is 0 Å². The van der Waals surface area contributed by atoms with Crippen LogP contribution in [0.1, 0.15) is 15.9 Å². The van der Waals surface area contributed by atoms with Crippen molar-refractivity contribution in [2.75, 3.05) is 13.2 Å². The molecule has 0 bridgehead atoms. The average molecular weight is 332 g/mol. The minimum Gasteiger partial charge on any atom is -0.486 e. The fourth-order valence-corrected chi connectivity index (χ4v) is 2.23. The van der Waals surface area contributed by atoms with E-state index in [-0.39, 0.29) is 11.5 Å². The summed E-state index contributed by atoms with van der Waals surface area (Å²) in [5, 5.41) is 0. The van der Waals surface area contributed by atoms with Gasteiger partial charge in [-0.1, -0.05) is 12.1 Å². The minimum atomic E-state index is -2.89. The van der Waals surface area contributed by atoms with Gasteiger partial charge in [0.05, 0.1) is 0 Å². The van der Waals surface area contributed by atoms with E-state index in [0.717, 1.165) is 5.56 Å². The van der Waals surface area contributed by atoms with Gasteiger partial charge >= 0.3 is 6.61 Å². The average Bonchev–Trinajstić information content (AvgIpc) is 2.59. The number of fused-ring (bicyclic) bond motifs is 1. The predicted molar refractivity (Wildman–Crippen MR) is 83.9 cm³/mol. The first-order valence-corrected chi connectivity index (χ1v) is 7.29.